The van der Waals surface area contributed by atoms with Gasteiger partial charge in [0, 0.05) is 23.3 Å². The van der Waals surface area contributed by atoms with Crippen molar-refractivity contribution >= 4 is 29.0 Å². The van der Waals surface area contributed by atoms with Gasteiger partial charge in [-0.25, -0.2) is 0 Å². The summed E-state index contributed by atoms with van der Waals surface area (Å²) in [6, 6.07) is 18.3. The molecule has 138 valence electrons. The third-order valence-electron chi connectivity index (χ3n) is 3.85. The highest BCUT2D eigenvalue weighted by Crippen LogP contribution is 2.19. The average molecular weight is 383 g/mol. The molecular weight excluding hydrogens is 364 g/mol. The lowest BCUT2D eigenvalue weighted by molar-refractivity contribution is 0.0948. The van der Waals surface area contributed by atoms with Gasteiger partial charge in [0.25, 0.3) is 5.91 Å². The molecule has 0 saturated carbocycles. The van der Waals surface area contributed by atoms with Gasteiger partial charge >= 0.3 is 0 Å². The van der Waals surface area contributed by atoms with Crippen molar-refractivity contribution in [3.8, 4) is 5.75 Å². The Labute approximate surface area is 162 Å². The van der Waals surface area contributed by atoms with Gasteiger partial charge in [-0.05, 0) is 48.4 Å². The lowest BCUT2D eigenvalue weighted by Gasteiger charge is -2.08. The van der Waals surface area contributed by atoms with Crippen molar-refractivity contribution in [1.29, 1.82) is 0 Å². The van der Waals surface area contributed by atoms with E-state index in [2.05, 4.69) is 20.8 Å². The molecule has 7 heteroatoms. The summed E-state index contributed by atoms with van der Waals surface area (Å²) in [7, 11) is 1.61. The maximum Gasteiger partial charge on any atom is 0.271 e. The summed E-state index contributed by atoms with van der Waals surface area (Å²) >= 11 is 5.86. The fraction of sp³-hybridized carbons (Fsp3) is 0.150. The molecule has 0 spiro atoms. The number of halogens is 1. The third kappa shape index (κ3) is 5.43. The molecular formula is C20H19ClN4O2. The van der Waals surface area contributed by atoms with Gasteiger partial charge < -0.3 is 15.4 Å². The highest BCUT2D eigenvalue weighted by Gasteiger charge is 2.08. The van der Waals surface area contributed by atoms with Crippen LogP contribution in [0.1, 0.15) is 16.1 Å². The number of hydrogen-bond acceptors (Lipinski definition) is 5. The Kier molecular flexibility index (Phi) is 6.22. The van der Waals surface area contributed by atoms with Crippen LogP contribution in [0.5, 0.6) is 5.75 Å². The molecule has 0 aliphatic rings. The maximum atomic E-state index is 12.2. The quantitative estimate of drug-likeness (QED) is 0.649. The monoisotopic (exact) mass is 382 g/mol. The standard InChI is InChI=1S/C20H19ClN4O2/c1-27-17-4-2-3-16(13-17)23-19-10-9-18(24-25-19)20(26)22-12-11-14-5-7-15(21)8-6-14/h2-10,13H,11-12H2,1H3,(H,22,26)(H,23,25). The number of carbonyl (C=O) groups excluding carboxylic acids is 1. The van der Waals surface area contributed by atoms with Gasteiger partial charge in [0.05, 0.1) is 7.11 Å². The van der Waals surface area contributed by atoms with Gasteiger partial charge in [-0.15, -0.1) is 10.2 Å². The Bertz CT molecular complexity index is 899. The van der Waals surface area contributed by atoms with Crippen molar-refractivity contribution in [3.63, 3.8) is 0 Å². The number of aromatic nitrogens is 2. The molecule has 6 nitrogen and oxygen atoms in total. The van der Waals surface area contributed by atoms with E-state index in [1.165, 1.54) is 0 Å². The van der Waals surface area contributed by atoms with Crippen LogP contribution >= 0.6 is 11.6 Å². The van der Waals surface area contributed by atoms with Crippen LogP contribution in [0, 0.1) is 0 Å². The number of rotatable bonds is 7. The summed E-state index contributed by atoms with van der Waals surface area (Å²) < 4.78 is 5.18. The van der Waals surface area contributed by atoms with Crippen LogP contribution in [-0.2, 0) is 6.42 Å². The molecule has 1 aromatic heterocycles. The lowest BCUT2D eigenvalue weighted by Crippen LogP contribution is -2.26. The Morgan fingerprint density at radius 2 is 1.89 bits per heavy atom. The van der Waals surface area contributed by atoms with Crippen molar-refractivity contribution in [2.24, 2.45) is 0 Å². The molecule has 0 saturated heterocycles. The van der Waals surface area contributed by atoms with Gasteiger partial charge in [0.15, 0.2) is 11.5 Å². The second-order valence-corrected chi connectivity index (χ2v) is 6.23. The van der Waals surface area contributed by atoms with E-state index in [1.807, 2.05) is 48.5 Å². The fourth-order valence-electron chi connectivity index (χ4n) is 2.43. The Morgan fingerprint density at radius 1 is 1.07 bits per heavy atom. The number of nitrogens with one attached hydrogen (secondary N) is 2. The topological polar surface area (TPSA) is 76.1 Å². The number of ether oxygens (including phenoxy) is 1. The summed E-state index contributed by atoms with van der Waals surface area (Å²) in [6.07, 6.45) is 0.714. The molecule has 0 aliphatic heterocycles. The molecule has 27 heavy (non-hydrogen) atoms. The number of nitrogens with zero attached hydrogens (tertiary/aromatic N) is 2. The van der Waals surface area contributed by atoms with E-state index in [0.29, 0.717) is 23.8 Å². The van der Waals surface area contributed by atoms with E-state index in [9.17, 15) is 4.79 Å². The van der Waals surface area contributed by atoms with Gasteiger partial charge in [0.1, 0.15) is 5.75 Å². The summed E-state index contributed by atoms with van der Waals surface area (Å²) in [6.45, 7) is 0.506. The minimum Gasteiger partial charge on any atom is -0.497 e. The smallest absolute Gasteiger partial charge is 0.271 e. The zero-order valence-corrected chi connectivity index (χ0v) is 15.5. The van der Waals surface area contributed by atoms with E-state index >= 15 is 0 Å². The van der Waals surface area contributed by atoms with E-state index < -0.39 is 0 Å². The van der Waals surface area contributed by atoms with E-state index in [4.69, 9.17) is 16.3 Å². The highest BCUT2D eigenvalue weighted by molar-refractivity contribution is 6.30. The van der Waals surface area contributed by atoms with E-state index in [-0.39, 0.29) is 11.6 Å². The molecule has 0 bridgehead atoms. The molecule has 0 radical (unpaired) electrons. The van der Waals surface area contributed by atoms with Crippen LogP contribution < -0.4 is 15.4 Å². The summed E-state index contributed by atoms with van der Waals surface area (Å²) in [5, 5.41) is 14.7. The normalized spacial score (nSPS) is 10.3. The molecule has 0 unspecified atom stereocenters. The van der Waals surface area contributed by atoms with Crippen molar-refractivity contribution < 1.29 is 9.53 Å². The predicted octanol–water partition coefficient (Wildman–Crippen LogP) is 3.85. The molecule has 2 N–H and O–H groups in total. The summed E-state index contributed by atoms with van der Waals surface area (Å²) in [4.78, 5) is 12.2. The first-order chi connectivity index (χ1) is 13.1. The van der Waals surface area contributed by atoms with Crippen molar-refractivity contribution in [3.05, 3.63) is 76.9 Å². The number of anilines is 2. The fourth-order valence-corrected chi connectivity index (χ4v) is 2.56. The van der Waals surface area contributed by atoms with Crippen molar-refractivity contribution in [2.45, 2.75) is 6.42 Å². The minimum atomic E-state index is -0.260. The molecule has 3 aromatic rings. The summed E-state index contributed by atoms with van der Waals surface area (Å²) in [5.74, 6) is 1.02. The zero-order chi connectivity index (χ0) is 19.1. The molecule has 0 atom stereocenters. The number of amides is 1. The molecule has 3 rings (SSSR count). The molecule has 0 aliphatic carbocycles. The lowest BCUT2D eigenvalue weighted by atomic mass is 10.1. The third-order valence-corrected chi connectivity index (χ3v) is 4.10. The number of benzene rings is 2. The second kappa shape index (κ2) is 9.00. The first-order valence-corrected chi connectivity index (χ1v) is 8.79. The number of methoxy groups -OCH3 is 1. The average Bonchev–Trinajstić information content (AvgIpc) is 2.70. The predicted molar refractivity (Wildman–Crippen MR) is 106 cm³/mol. The van der Waals surface area contributed by atoms with Crippen LogP contribution in [0.25, 0.3) is 0 Å². The van der Waals surface area contributed by atoms with Gasteiger partial charge in [-0.2, -0.15) is 0 Å². The maximum absolute atomic E-state index is 12.2. The number of carbonyl (C=O) groups is 1. The van der Waals surface area contributed by atoms with E-state index in [0.717, 1.165) is 17.0 Å². The molecule has 0 fully saturated rings. The zero-order valence-electron chi connectivity index (χ0n) is 14.8. The largest absolute Gasteiger partial charge is 0.497 e. The van der Waals surface area contributed by atoms with Crippen LogP contribution in [0.2, 0.25) is 5.02 Å². The first-order valence-electron chi connectivity index (χ1n) is 8.41. The molecule has 1 heterocycles. The van der Waals surface area contributed by atoms with Crippen LogP contribution in [0.15, 0.2) is 60.7 Å². The van der Waals surface area contributed by atoms with Crippen molar-refractivity contribution in [1.82, 2.24) is 15.5 Å². The minimum absolute atomic E-state index is 0.260. The first kappa shape index (κ1) is 18.7. The summed E-state index contributed by atoms with van der Waals surface area (Å²) in [5.41, 5.74) is 2.19. The second-order valence-electron chi connectivity index (χ2n) is 5.79. The Morgan fingerprint density at radius 3 is 2.59 bits per heavy atom. The van der Waals surface area contributed by atoms with Crippen LogP contribution in [0.3, 0.4) is 0 Å². The van der Waals surface area contributed by atoms with Gasteiger partial charge in [-0.3, -0.25) is 4.79 Å². The Hall–Kier alpha value is -3.12. The number of hydrogen-bond donors (Lipinski definition) is 2. The molecule has 1 amide bonds. The molecule has 2 aromatic carbocycles. The highest BCUT2D eigenvalue weighted by atomic mass is 35.5. The van der Waals surface area contributed by atoms with Gasteiger partial charge in [-0.1, -0.05) is 29.8 Å². The van der Waals surface area contributed by atoms with Gasteiger partial charge in [0.2, 0.25) is 0 Å². The SMILES string of the molecule is COc1cccc(Nc2ccc(C(=O)NCCc3ccc(Cl)cc3)nn2)c1. The van der Waals surface area contributed by atoms with Crippen molar-refractivity contribution in [2.75, 3.05) is 19.0 Å². The van der Waals surface area contributed by atoms with E-state index in [1.54, 1.807) is 19.2 Å². The van der Waals surface area contributed by atoms with Crippen LogP contribution in [-0.4, -0.2) is 29.8 Å². The Balaban J connectivity index is 1.52. The van der Waals surface area contributed by atoms with Crippen LogP contribution in [0.4, 0.5) is 11.5 Å².